The number of anilines is 1. The molecule has 2 heterocycles. The molecule has 1 aromatic heterocycles. The van der Waals surface area contributed by atoms with E-state index >= 15 is 0 Å². The Hall–Kier alpha value is -2.06. The van der Waals surface area contributed by atoms with Gasteiger partial charge < -0.3 is 15.0 Å². The van der Waals surface area contributed by atoms with Gasteiger partial charge in [0.05, 0.1) is 22.9 Å². The van der Waals surface area contributed by atoms with E-state index in [1.165, 1.54) is 4.90 Å². The molecule has 9 heteroatoms. The third-order valence-corrected chi connectivity index (χ3v) is 5.58. The SMILES string of the molecule is CC1Cc2c(nc(C(=O)Nc3cccc(Br)c3Cl)n2C)CN1C(=O)O. The molecule has 1 aliphatic rings. The van der Waals surface area contributed by atoms with Crippen LogP contribution in [0.1, 0.15) is 28.9 Å². The summed E-state index contributed by atoms with van der Waals surface area (Å²) in [5.41, 5.74) is 1.95. The Morgan fingerprint density at radius 3 is 2.84 bits per heavy atom. The molecule has 0 saturated carbocycles. The smallest absolute Gasteiger partial charge is 0.407 e. The zero-order valence-electron chi connectivity index (χ0n) is 13.6. The topological polar surface area (TPSA) is 87.5 Å². The number of rotatable bonds is 2. The molecule has 2 amide bonds. The summed E-state index contributed by atoms with van der Waals surface area (Å²) in [4.78, 5) is 29.6. The van der Waals surface area contributed by atoms with Gasteiger partial charge in [0.2, 0.25) is 0 Å². The second kappa shape index (κ2) is 6.68. The first kappa shape index (κ1) is 17.8. The van der Waals surface area contributed by atoms with Gasteiger partial charge in [-0.25, -0.2) is 9.78 Å². The molecule has 1 atom stereocenters. The number of nitrogens with zero attached hydrogens (tertiary/aromatic N) is 3. The zero-order chi connectivity index (χ0) is 18.3. The largest absolute Gasteiger partial charge is 0.465 e. The summed E-state index contributed by atoms with van der Waals surface area (Å²) in [5.74, 6) is -0.174. The molecule has 0 saturated heterocycles. The van der Waals surface area contributed by atoms with Crippen LogP contribution in [0.4, 0.5) is 10.5 Å². The molecule has 7 nitrogen and oxygen atoms in total. The highest BCUT2D eigenvalue weighted by molar-refractivity contribution is 9.10. The normalized spacial score (nSPS) is 16.5. The number of nitrogens with one attached hydrogen (secondary N) is 1. The third kappa shape index (κ3) is 3.23. The van der Waals surface area contributed by atoms with Crippen LogP contribution in [0.2, 0.25) is 5.02 Å². The first-order valence-electron chi connectivity index (χ1n) is 7.59. The highest BCUT2D eigenvalue weighted by atomic mass is 79.9. The summed E-state index contributed by atoms with van der Waals surface area (Å²) >= 11 is 9.49. The van der Waals surface area contributed by atoms with Crippen molar-refractivity contribution in [1.29, 1.82) is 0 Å². The van der Waals surface area contributed by atoms with Gasteiger partial charge in [0.25, 0.3) is 5.91 Å². The molecule has 2 N–H and O–H groups in total. The Morgan fingerprint density at radius 1 is 1.44 bits per heavy atom. The first-order chi connectivity index (χ1) is 11.8. The standard InChI is InChI=1S/C16H16BrClN4O3/c1-8-6-12-11(7-22(8)16(24)25)19-14(21(12)2)15(23)20-10-5-3-4-9(17)13(10)18/h3-5,8H,6-7H2,1-2H3,(H,20,23)(H,24,25). The van der Waals surface area contributed by atoms with Crippen LogP contribution in [0.25, 0.3) is 0 Å². The second-order valence-electron chi connectivity index (χ2n) is 5.91. The van der Waals surface area contributed by atoms with Gasteiger partial charge in [0.1, 0.15) is 0 Å². The van der Waals surface area contributed by atoms with Crippen molar-refractivity contribution in [1.82, 2.24) is 14.5 Å². The number of halogens is 2. The number of aromatic nitrogens is 2. The van der Waals surface area contributed by atoms with E-state index in [2.05, 4.69) is 26.2 Å². The number of amides is 2. The minimum Gasteiger partial charge on any atom is -0.465 e. The maximum atomic E-state index is 12.6. The molecule has 0 spiro atoms. The fourth-order valence-corrected chi connectivity index (χ4v) is 3.45. The van der Waals surface area contributed by atoms with E-state index in [4.69, 9.17) is 11.6 Å². The van der Waals surface area contributed by atoms with Crippen LogP contribution in [-0.4, -0.2) is 37.6 Å². The summed E-state index contributed by atoms with van der Waals surface area (Å²) in [5, 5.41) is 12.4. The van der Waals surface area contributed by atoms with Crippen molar-refractivity contribution >= 4 is 45.2 Å². The monoisotopic (exact) mass is 426 g/mol. The Bertz CT molecular complexity index is 867. The van der Waals surface area contributed by atoms with E-state index in [-0.39, 0.29) is 18.4 Å². The number of benzene rings is 1. The Morgan fingerprint density at radius 2 is 2.16 bits per heavy atom. The number of carbonyl (C=O) groups excluding carboxylic acids is 1. The summed E-state index contributed by atoms with van der Waals surface area (Å²) in [6.07, 6.45) is -0.480. The molecule has 0 aliphatic carbocycles. The van der Waals surface area contributed by atoms with Gasteiger partial charge in [-0.1, -0.05) is 17.7 Å². The highest BCUT2D eigenvalue weighted by Crippen LogP contribution is 2.30. The average Bonchev–Trinajstić information content (AvgIpc) is 2.87. The van der Waals surface area contributed by atoms with Crippen molar-refractivity contribution in [2.24, 2.45) is 7.05 Å². The van der Waals surface area contributed by atoms with E-state index in [1.54, 1.807) is 29.8 Å². The fourth-order valence-electron chi connectivity index (χ4n) is 2.92. The number of fused-ring (bicyclic) bond motifs is 1. The van der Waals surface area contributed by atoms with Crippen molar-refractivity contribution in [2.45, 2.75) is 25.9 Å². The van der Waals surface area contributed by atoms with E-state index in [0.29, 0.717) is 27.3 Å². The summed E-state index contributed by atoms with van der Waals surface area (Å²) in [6, 6.07) is 5.07. The lowest BCUT2D eigenvalue weighted by atomic mass is 10.0. The molecular formula is C16H16BrClN4O3. The van der Waals surface area contributed by atoms with Crippen molar-refractivity contribution in [2.75, 3.05) is 5.32 Å². The summed E-state index contributed by atoms with van der Waals surface area (Å²) in [7, 11) is 1.76. The van der Waals surface area contributed by atoms with E-state index in [9.17, 15) is 14.7 Å². The van der Waals surface area contributed by atoms with Gasteiger partial charge in [0, 0.05) is 29.7 Å². The predicted molar refractivity (Wildman–Crippen MR) is 97.0 cm³/mol. The second-order valence-corrected chi connectivity index (χ2v) is 7.14. The van der Waals surface area contributed by atoms with Crippen LogP contribution in [-0.2, 0) is 20.0 Å². The third-order valence-electron chi connectivity index (χ3n) is 4.29. The van der Waals surface area contributed by atoms with E-state index in [1.807, 2.05) is 6.92 Å². The van der Waals surface area contributed by atoms with Crippen molar-refractivity contribution in [3.63, 3.8) is 0 Å². The highest BCUT2D eigenvalue weighted by Gasteiger charge is 2.31. The van der Waals surface area contributed by atoms with Gasteiger partial charge >= 0.3 is 6.09 Å². The van der Waals surface area contributed by atoms with E-state index < -0.39 is 12.0 Å². The zero-order valence-corrected chi connectivity index (χ0v) is 15.9. The number of hydrogen-bond acceptors (Lipinski definition) is 3. The van der Waals surface area contributed by atoms with Gasteiger partial charge in [-0.2, -0.15) is 0 Å². The molecule has 3 rings (SSSR count). The Kier molecular flexibility index (Phi) is 4.75. The lowest BCUT2D eigenvalue weighted by molar-refractivity contribution is 0.101. The molecule has 25 heavy (non-hydrogen) atoms. The maximum absolute atomic E-state index is 12.6. The quantitative estimate of drug-likeness (QED) is 0.768. The van der Waals surface area contributed by atoms with Gasteiger partial charge in [-0.15, -0.1) is 0 Å². The van der Waals surface area contributed by atoms with Crippen molar-refractivity contribution in [3.8, 4) is 0 Å². The molecule has 1 unspecified atom stereocenters. The van der Waals surface area contributed by atoms with Crippen LogP contribution >= 0.6 is 27.5 Å². The number of carboxylic acid groups (broad SMARTS) is 1. The van der Waals surface area contributed by atoms with Crippen molar-refractivity contribution in [3.05, 3.63) is 44.9 Å². The van der Waals surface area contributed by atoms with Crippen LogP contribution < -0.4 is 5.32 Å². The molecule has 0 bridgehead atoms. The Balaban J connectivity index is 1.89. The molecule has 1 aromatic carbocycles. The fraction of sp³-hybridized carbons (Fsp3) is 0.312. The molecule has 0 radical (unpaired) electrons. The molecule has 1 aliphatic heterocycles. The lowest BCUT2D eigenvalue weighted by Crippen LogP contribution is -2.42. The van der Waals surface area contributed by atoms with Gasteiger partial charge in [-0.3, -0.25) is 9.69 Å². The molecule has 132 valence electrons. The number of carbonyl (C=O) groups is 2. The van der Waals surface area contributed by atoms with Crippen molar-refractivity contribution < 1.29 is 14.7 Å². The minimum absolute atomic E-state index is 0.171. The number of imidazole rings is 1. The van der Waals surface area contributed by atoms with Gasteiger partial charge in [-0.05, 0) is 35.0 Å². The number of hydrogen-bond donors (Lipinski definition) is 2. The minimum atomic E-state index is -0.990. The predicted octanol–water partition coefficient (Wildman–Crippen LogP) is 3.51. The molecule has 2 aromatic rings. The van der Waals surface area contributed by atoms with Crippen LogP contribution in [0, 0.1) is 0 Å². The summed E-state index contributed by atoms with van der Waals surface area (Å²) < 4.78 is 2.39. The molecule has 0 fully saturated rings. The Labute approximate surface area is 157 Å². The van der Waals surface area contributed by atoms with Gasteiger partial charge in [0.15, 0.2) is 5.82 Å². The molecular weight excluding hydrogens is 412 g/mol. The average molecular weight is 428 g/mol. The van der Waals surface area contributed by atoms with Crippen LogP contribution in [0.3, 0.4) is 0 Å². The van der Waals surface area contributed by atoms with E-state index in [0.717, 1.165) is 5.69 Å². The lowest BCUT2D eigenvalue weighted by Gasteiger charge is -2.30. The first-order valence-corrected chi connectivity index (χ1v) is 8.76. The van der Waals surface area contributed by atoms with Crippen LogP contribution in [0.15, 0.2) is 22.7 Å². The summed E-state index contributed by atoms with van der Waals surface area (Å²) in [6.45, 7) is 2.01. The maximum Gasteiger partial charge on any atom is 0.407 e. The van der Waals surface area contributed by atoms with Crippen LogP contribution in [0.5, 0.6) is 0 Å².